The first kappa shape index (κ1) is 18.6. The molecule has 138 valence electrons. The Hall–Kier alpha value is -1.20. The molecule has 0 N–H and O–H groups in total. The van der Waals surface area contributed by atoms with Gasteiger partial charge in [0.1, 0.15) is 0 Å². The molecule has 1 aromatic carbocycles. The highest BCUT2D eigenvalue weighted by atomic mass is 31.2. The number of aryl methyl sites for hydroxylation is 1. The highest BCUT2D eigenvalue weighted by Crippen LogP contribution is 2.52. The Bertz CT molecular complexity index is 677. The van der Waals surface area contributed by atoms with Crippen LogP contribution in [-0.2, 0) is 23.1 Å². The number of methoxy groups -OCH3 is 1. The summed E-state index contributed by atoms with van der Waals surface area (Å²) < 4.78 is 29.7. The van der Waals surface area contributed by atoms with E-state index in [1.807, 2.05) is 26.1 Å². The molecule has 7 heteroatoms. The number of piperidine rings is 1. The second-order valence-corrected chi connectivity index (χ2v) is 9.00. The van der Waals surface area contributed by atoms with Crippen LogP contribution in [0.2, 0.25) is 0 Å². The fourth-order valence-corrected chi connectivity index (χ4v) is 5.60. The first-order valence-corrected chi connectivity index (χ1v) is 10.1. The van der Waals surface area contributed by atoms with Gasteiger partial charge in [-0.05, 0) is 45.4 Å². The summed E-state index contributed by atoms with van der Waals surface area (Å²) in [6, 6.07) is 7.66. The standard InChI is InChI=1S/C18H26NO5P/c1-12-5-8-14(9-6-12)25(21,23-4)24-16-11-13-7-10-15(19(13)2)17(16)18(20)22-3/h5-6,8-9,13,15-17H,7,10-11H2,1-4H3/t13?,15?,16?,17-,25?/m1/s1. The minimum atomic E-state index is -3.50. The van der Waals surface area contributed by atoms with E-state index >= 15 is 0 Å². The molecule has 2 heterocycles. The Morgan fingerprint density at radius 3 is 2.48 bits per heavy atom. The molecule has 0 radical (unpaired) electrons. The van der Waals surface area contributed by atoms with Crippen LogP contribution in [0.25, 0.3) is 0 Å². The molecular formula is C18H26NO5P. The van der Waals surface area contributed by atoms with Crippen LogP contribution >= 0.6 is 7.60 Å². The zero-order valence-electron chi connectivity index (χ0n) is 15.2. The zero-order valence-corrected chi connectivity index (χ0v) is 16.1. The normalized spacial score (nSPS) is 31.5. The van der Waals surface area contributed by atoms with Crippen LogP contribution in [-0.4, -0.2) is 50.3 Å². The van der Waals surface area contributed by atoms with Crippen molar-refractivity contribution in [2.45, 2.75) is 44.4 Å². The molecule has 0 aromatic heterocycles. The largest absolute Gasteiger partial charge is 0.469 e. The van der Waals surface area contributed by atoms with Gasteiger partial charge in [-0.25, -0.2) is 0 Å². The molecule has 3 rings (SSSR count). The van der Waals surface area contributed by atoms with E-state index in [1.54, 1.807) is 12.1 Å². The lowest BCUT2D eigenvalue weighted by molar-refractivity contribution is -0.154. The van der Waals surface area contributed by atoms with Gasteiger partial charge in [-0.1, -0.05) is 17.7 Å². The van der Waals surface area contributed by atoms with Crippen LogP contribution in [0.5, 0.6) is 0 Å². The highest BCUT2D eigenvalue weighted by Gasteiger charge is 2.51. The maximum absolute atomic E-state index is 13.3. The van der Waals surface area contributed by atoms with Crippen molar-refractivity contribution in [1.82, 2.24) is 4.90 Å². The zero-order chi connectivity index (χ0) is 18.2. The van der Waals surface area contributed by atoms with E-state index in [0.717, 1.165) is 18.4 Å². The van der Waals surface area contributed by atoms with Gasteiger partial charge in [-0.2, -0.15) is 0 Å². The van der Waals surface area contributed by atoms with Crippen molar-refractivity contribution in [1.29, 1.82) is 0 Å². The monoisotopic (exact) mass is 367 g/mol. The van der Waals surface area contributed by atoms with E-state index in [1.165, 1.54) is 14.2 Å². The molecule has 0 amide bonds. The molecule has 4 unspecified atom stereocenters. The summed E-state index contributed by atoms with van der Waals surface area (Å²) in [6.45, 7) is 1.96. The lowest BCUT2D eigenvalue weighted by Crippen LogP contribution is -2.53. The number of esters is 1. The van der Waals surface area contributed by atoms with Gasteiger partial charge >= 0.3 is 13.6 Å². The molecule has 2 aliphatic heterocycles. The number of carbonyl (C=O) groups is 1. The molecule has 2 bridgehead atoms. The minimum absolute atomic E-state index is 0.0551. The number of hydrogen-bond acceptors (Lipinski definition) is 6. The number of rotatable bonds is 5. The van der Waals surface area contributed by atoms with Crippen LogP contribution in [0, 0.1) is 12.8 Å². The summed E-state index contributed by atoms with van der Waals surface area (Å²) in [6.07, 6.45) is 2.10. The summed E-state index contributed by atoms with van der Waals surface area (Å²) in [5.41, 5.74) is 1.07. The van der Waals surface area contributed by atoms with E-state index in [0.29, 0.717) is 17.8 Å². The predicted octanol–water partition coefficient (Wildman–Crippen LogP) is 2.50. The molecule has 0 saturated carbocycles. The van der Waals surface area contributed by atoms with Gasteiger partial charge in [0, 0.05) is 19.2 Å². The number of carbonyl (C=O) groups excluding carboxylic acids is 1. The van der Waals surface area contributed by atoms with Gasteiger partial charge in [-0.15, -0.1) is 0 Å². The molecular weight excluding hydrogens is 341 g/mol. The second-order valence-electron chi connectivity index (χ2n) is 6.91. The van der Waals surface area contributed by atoms with Crippen molar-refractivity contribution in [2.75, 3.05) is 21.3 Å². The van der Waals surface area contributed by atoms with E-state index in [4.69, 9.17) is 13.8 Å². The summed E-state index contributed by atoms with van der Waals surface area (Å²) in [5, 5.41) is 0.510. The van der Waals surface area contributed by atoms with Crippen molar-refractivity contribution in [2.24, 2.45) is 5.92 Å². The second kappa shape index (κ2) is 7.20. The molecule has 2 fully saturated rings. The van der Waals surface area contributed by atoms with Gasteiger partial charge < -0.3 is 13.8 Å². The van der Waals surface area contributed by atoms with E-state index in [2.05, 4.69) is 4.90 Å². The van der Waals surface area contributed by atoms with E-state index in [9.17, 15) is 9.36 Å². The third-order valence-electron chi connectivity index (χ3n) is 5.55. The van der Waals surface area contributed by atoms with Crippen molar-refractivity contribution < 1.29 is 23.1 Å². The number of benzene rings is 1. The number of ether oxygens (including phenoxy) is 1. The average Bonchev–Trinajstić information content (AvgIpc) is 2.85. The maximum Gasteiger partial charge on any atom is 0.361 e. The maximum atomic E-state index is 13.3. The lowest BCUT2D eigenvalue weighted by atomic mass is 9.88. The fourth-order valence-electron chi connectivity index (χ4n) is 4.09. The van der Waals surface area contributed by atoms with Crippen LogP contribution in [0.15, 0.2) is 24.3 Å². The van der Waals surface area contributed by atoms with E-state index < -0.39 is 19.6 Å². The Labute approximate surface area is 149 Å². The topological polar surface area (TPSA) is 65.1 Å². The predicted molar refractivity (Wildman–Crippen MR) is 95.0 cm³/mol. The van der Waals surface area contributed by atoms with Gasteiger partial charge in [0.15, 0.2) is 0 Å². The molecule has 0 aliphatic carbocycles. The Balaban J connectivity index is 1.89. The number of nitrogens with zero attached hydrogens (tertiary/aromatic N) is 1. The summed E-state index contributed by atoms with van der Waals surface area (Å²) in [5.74, 6) is -0.767. The lowest BCUT2D eigenvalue weighted by Gasteiger charge is -2.41. The minimum Gasteiger partial charge on any atom is -0.469 e. The quantitative estimate of drug-likeness (QED) is 0.589. The van der Waals surface area contributed by atoms with Crippen LogP contribution in [0.3, 0.4) is 0 Å². The fraction of sp³-hybridized carbons (Fsp3) is 0.611. The smallest absolute Gasteiger partial charge is 0.361 e. The van der Waals surface area contributed by atoms with Crippen molar-refractivity contribution in [3.63, 3.8) is 0 Å². The van der Waals surface area contributed by atoms with Crippen LogP contribution < -0.4 is 5.30 Å². The van der Waals surface area contributed by atoms with Gasteiger partial charge in [0.25, 0.3) is 0 Å². The molecule has 2 saturated heterocycles. The Morgan fingerprint density at radius 2 is 1.88 bits per heavy atom. The van der Waals surface area contributed by atoms with E-state index in [-0.39, 0.29) is 12.0 Å². The van der Waals surface area contributed by atoms with Crippen LogP contribution in [0.4, 0.5) is 0 Å². The molecule has 2 aliphatic rings. The highest BCUT2D eigenvalue weighted by molar-refractivity contribution is 7.62. The SMILES string of the molecule is COC(=O)[C@H]1C(OP(=O)(OC)c2ccc(C)cc2)CC2CCC1N2C. The van der Waals surface area contributed by atoms with Gasteiger partial charge in [-0.3, -0.25) is 14.3 Å². The van der Waals surface area contributed by atoms with Gasteiger partial charge in [0.2, 0.25) is 0 Å². The van der Waals surface area contributed by atoms with Crippen LogP contribution in [0.1, 0.15) is 24.8 Å². The third kappa shape index (κ3) is 3.41. The molecule has 25 heavy (non-hydrogen) atoms. The summed E-state index contributed by atoms with van der Waals surface area (Å²) >= 11 is 0. The van der Waals surface area contributed by atoms with Crippen molar-refractivity contribution in [3.8, 4) is 0 Å². The Kier molecular flexibility index (Phi) is 5.35. The Morgan fingerprint density at radius 1 is 1.20 bits per heavy atom. The average molecular weight is 367 g/mol. The third-order valence-corrected chi connectivity index (χ3v) is 7.51. The summed E-state index contributed by atoms with van der Waals surface area (Å²) in [4.78, 5) is 14.6. The van der Waals surface area contributed by atoms with Gasteiger partial charge in [0.05, 0.1) is 24.4 Å². The van der Waals surface area contributed by atoms with Crippen molar-refractivity contribution in [3.05, 3.63) is 29.8 Å². The molecule has 6 nitrogen and oxygen atoms in total. The first-order valence-electron chi connectivity index (χ1n) is 8.61. The number of fused-ring (bicyclic) bond motifs is 2. The molecule has 1 aromatic rings. The first-order chi connectivity index (χ1) is 11.9. The summed E-state index contributed by atoms with van der Waals surface area (Å²) in [7, 11) is 1.30. The molecule has 0 spiro atoms. The number of hydrogen-bond donors (Lipinski definition) is 0. The van der Waals surface area contributed by atoms with Crippen molar-refractivity contribution >= 4 is 18.9 Å². The molecule has 5 atom stereocenters.